The lowest BCUT2D eigenvalue weighted by atomic mass is 10.0. The standard InChI is InChI=1S/C19H23ClN2.C6H8ClN7O.2ClH/c1-21(2)12-5-13-22-18-7-4-3-6-15(18)8-9-16-10-11-17(20)14-19(16)22;7-2-4(9)13-3(8)1(12-2)5(15)14-6(10)11;;/h3-4,6-7,10-11,14H,5,8-9,12-13H2,1-2H3;(H4,8,9,13)(H4,10,11,14,15);2*1H. The molecule has 0 bridgehead atoms. The van der Waals surface area contributed by atoms with Gasteiger partial charge in [0.2, 0.25) is 0 Å². The van der Waals surface area contributed by atoms with Crippen LogP contribution in [0.3, 0.4) is 0 Å². The molecule has 10 nitrogen and oxygen atoms in total. The van der Waals surface area contributed by atoms with E-state index < -0.39 is 11.9 Å². The Balaban J connectivity index is 0.000000397. The van der Waals surface area contributed by atoms with Crippen LogP contribution < -0.4 is 27.8 Å². The van der Waals surface area contributed by atoms with E-state index in [1.807, 2.05) is 6.07 Å². The van der Waals surface area contributed by atoms with Crippen LogP contribution in [0.2, 0.25) is 10.2 Å². The fourth-order valence-electron chi connectivity index (χ4n) is 3.94. The van der Waals surface area contributed by atoms with Gasteiger partial charge in [-0.25, -0.2) is 9.97 Å². The Morgan fingerprint density at radius 1 is 0.974 bits per heavy atom. The molecular weight excluding hydrogens is 584 g/mol. The maximum absolute atomic E-state index is 11.3. The van der Waals surface area contributed by atoms with E-state index in [2.05, 4.69) is 75.3 Å². The summed E-state index contributed by atoms with van der Waals surface area (Å²) >= 11 is 11.8. The van der Waals surface area contributed by atoms with Crippen molar-refractivity contribution in [3.8, 4) is 0 Å². The van der Waals surface area contributed by atoms with E-state index in [0.717, 1.165) is 37.4 Å². The lowest BCUT2D eigenvalue weighted by Gasteiger charge is -2.27. The number of anilines is 4. The zero-order valence-corrected chi connectivity index (χ0v) is 24.7. The van der Waals surface area contributed by atoms with Gasteiger partial charge in [-0.3, -0.25) is 4.79 Å². The average molecular weight is 617 g/mol. The number of aromatic nitrogens is 2. The van der Waals surface area contributed by atoms with Gasteiger partial charge in [0.15, 0.2) is 28.4 Å². The number of guanidine groups is 1. The van der Waals surface area contributed by atoms with Crippen molar-refractivity contribution >= 4 is 82.9 Å². The number of carbonyl (C=O) groups is 1. The number of para-hydroxylation sites is 1. The van der Waals surface area contributed by atoms with Crippen LogP contribution in [0.25, 0.3) is 0 Å². The number of hydrogen-bond acceptors (Lipinski definition) is 7. The van der Waals surface area contributed by atoms with Crippen LogP contribution in [0.1, 0.15) is 28.0 Å². The van der Waals surface area contributed by atoms with E-state index in [4.69, 9.17) is 46.1 Å². The van der Waals surface area contributed by atoms with Crippen molar-refractivity contribution < 1.29 is 4.79 Å². The van der Waals surface area contributed by atoms with Gasteiger partial charge >= 0.3 is 5.91 Å². The van der Waals surface area contributed by atoms with Crippen molar-refractivity contribution in [2.45, 2.75) is 19.3 Å². The quantitative estimate of drug-likeness (QED) is 0.244. The predicted molar refractivity (Wildman–Crippen MR) is 166 cm³/mol. The first-order valence-corrected chi connectivity index (χ1v) is 12.3. The zero-order chi connectivity index (χ0) is 27.1. The van der Waals surface area contributed by atoms with E-state index in [0.29, 0.717) is 0 Å². The second kappa shape index (κ2) is 15.5. The minimum atomic E-state index is -0.832. The molecule has 0 unspecified atom stereocenters. The second-order valence-electron chi connectivity index (χ2n) is 8.69. The number of aryl methyl sites for hydroxylation is 2. The van der Waals surface area contributed by atoms with Gasteiger partial charge in [-0.1, -0.05) is 47.5 Å². The molecule has 0 radical (unpaired) electrons. The summed E-state index contributed by atoms with van der Waals surface area (Å²) in [6.45, 7) is 2.11. The second-order valence-corrected chi connectivity index (χ2v) is 9.48. The molecule has 1 aliphatic rings. The highest BCUT2D eigenvalue weighted by Crippen LogP contribution is 2.37. The van der Waals surface area contributed by atoms with Crippen LogP contribution in [0.5, 0.6) is 0 Å². The average Bonchev–Trinajstić information content (AvgIpc) is 2.98. The molecule has 0 fully saturated rings. The fraction of sp³-hybridized carbons (Fsp3) is 0.280. The van der Waals surface area contributed by atoms with E-state index in [1.54, 1.807) is 0 Å². The van der Waals surface area contributed by atoms with Crippen molar-refractivity contribution in [1.29, 1.82) is 0 Å². The van der Waals surface area contributed by atoms with E-state index >= 15 is 0 Å². The summed E-state index contributed by atoms with van der Waals surface area (Å²) in [4.78, 5) is 26.4. The smallest absolute Gasteiger partial charge is 0.302 e. The number of amides is 1. The minimum Gasteiger partial charge on any atom is -0.382 e. The summed E-state index contributed by atoms with van der Waals surface area (Å²) in [6.07, 6.45) is 3.30. The Kier molecular flexibility index (Phi) is 13.6. The number of fused-ring (bicyclic) bond motifs is 2. The largest absolute Gasteiger partial charge is 0.382 e. The topological polar surface area (TPSA) is 166 Å². The SMILES string of the molecule is CN(C)CCCN1c2ccccc2CCc2ccc(Cl)cc21.Cl.Cl.NC(N)=NC(=O)c1nc(Cl)c(N)nc1N. The molecule has 2 aromatic carbocycles. The van der Waals surface area contributed by atoms with Crippen molar-refractivity contribution in [3.05, 3.63) is 69.5 Å². The van der Waals surface area contributed by atoms with Crippen LogP contribution in [0, 0.1) is 0 Å². The molecule has 0 atom stereocenters. The molecular formula is C25H33Cl4N9O. The highest BCUT2D eigenvalue weighted by Gasteiger charge is 2.20. The molecule has 0 saturated carbocycles. The third-order valence-corrected chi connectivity index (χ3v) is 6.12. The molecule has 4 rings (SSSR count). The molecule has 8 N–H and O–H groups in total. The number of halogens is 4. The highest BCUT2D eigenvalue weighted by atomic mass is 35.5. The Morgan fingerprint density at radius 2 is 1.62 bits per heavy atom. The van der Waals surface area contributed by atoms with Gasteiger partial charge in [0.25, 0.3) is 0 Å². The van der Waals surface area contributed by atoms with Crippen LogP contribution >= 0.6 is 48.0 Å². The fourth-order valence-corrected chi connectivity index (χ4v) is 4.23. The van der Waals surface area contributed by atoms with Gasteiger partial charge in [-0.2, -0.15) is 4.99 Å². The lowest BCUT2D eigenvalue weighted by molar-refractivity contribution is 0.0998. The Labute approximate surface area is 250 Å². The summed E-state index contributed by atoms with van der Waals surface area (Å²) in [6, 6.07) is 15.1. The molecule has 3 aromatic rings. The summed E-state index contributed by atoms with van der Waals surface area (Å²) in [5.74, 6) is -1.50. The van der Waals surface area contributed by atoms with Crippen LogP contribution in [-0.2, 0) is 12.8 Å². The number of nitrogens with zero attached hydrogens (tertiary/aromatic N) is 5. The van der Waals surface area contributed by atoms with Crippen molar-refractivity contribution in [1.82, 2.24) is 14.9 Å². The number of nitrogen functional groups attached to an aromatic ring is 2. The number of hydrogen-bond donors (Lipinski definition) is 4. The molecule has 1 aliphatic heterocycles. The van der Waals surface area contributed by atoms with Gasteiger partial charge in [-0.05, 0) is 69.2 Å². The van der Waals surface area contributed by atoms with E-state index in [1.165, 1.54) is 22.5 Å². The Bertz CT molecular complexity index is 1300. The lowest BCUT2D eigenvalue weighted by Crippen LogP contribution is -2.24. The monoisotopic (exact) mass is 615 g/mol. The number of benzene rings is 2. The summed E-state index contributed by atoms with van der Waals surface area (Å²) in [7, 11) is 4.25. The summed E-state index contributed by atoms with van der Waals surface area (Å²) < 4.78 is 0. The number of nitrogens with two attached hydrogens (primary N) is 4. The predicted octanol–water partition coefficient (Wildman–Crippen LogP) is 4.08. The first-order valence-electron chi connectivity index (χ1n) is 11.6. The molecule has 1 aromatic heterocycles. The molecule has 0 saturated heterocycles. The molecule has 0 aliphatic carbocycles. The van der Waals surface area contributed by atoms with E-state index in [-0.39, 0.29) is 47.3 Å². The summed E-state index contributed by atoms with van der Waals surface area (Å²) in [5, 5.41) is 0.675. The van der Waals surface area contributed by atoms with Gasteiger partial charge < -0.3 is 32.7 Å². The molecule has 14 heteroatoms. The van der Waals surface area contributed by atoms with Crippen LogP contribution in [0.15, 0.2) is 47.5 Å². The molecule has 0 spiro atoms. The molecule has 212 valence electrons. The first-order chi connectivity index (χ1) is 17.6. The molecule has 39 heavy (non-hydrogen) atoms. The Hall–Kier alpha value is -3.02. The minimum absolute atomic E-state index is 0. The first kappa shape index (κ1) is 34.0. The Morgan fingerprint density at radius 3 is 2.26 bits per heavy atom. The number of aliphatic imine (C=N–C) groups is 1. The maximum atomic E-state index is 11.3. The number of carbonyl (C=O) groups excluding carboxylic acids is 1. The summed E-state index contributed by atoms with van der Waals surface area (Å²) in [5.41, 5.74) is 25.9. The highest BCUT2D eigenvalue weighted by molar-refractivity contribution is 6.32. The van der Waals surface area contributed by atoms with Gasteiger partial charge in [-0.15, -0.1) is 24.8 Å². The zero-order valence-electron chi connectivity index (χ0n) is 21.6. The van der Waals surface area contributed by atoms with Crippen LogP contribution in [-0.4, -0.2) is 53.9 Å². The normalized spacial score (nSPS) is 11.5. The molecule has 1 amide bonds. The molecule has 2 heterocycles. The van der Waals surface area contributed by atoms with Gasteiger partial charge in [0.1, 0.15) is 0 Å². The van der Waals surface area contributed by atoms with Crippen molar-refractivity contribution in [2.75, 3.05) is 43.6 Å². The number of rotatable bonds is 5. The van der Waals surface area contributed by atoms with Gasteiger partial charge in [0, 0.05) is 22.9 Å². The van der Waals surface area contributed by atoms with Crippen molar-refractivity contribution in [3.63, 3.8) is 0 Å². The van der Waals surface area contributed by atoms with Crippen molar-refractivity contribution in [2.24, 2.45) is 16.5 Å². The maximum Gasteiger partial charge on any atom is 0.302 e. The van der Waals surface area contributed by atoms with E-state index in [9.17, 15) is 4.79 Å². The third kappa shape index (κ3) is 9.29. The third-order valence-electron chi connectivity index (χ3n) is 5.61. The van der Waals surface area contributed by atoms with Crippen LogP contribution in [0.4, 0.5) is 23.0 Å². The van der Waals surface area contributed by atoms with Gasteiger partial charge in [0.05, 0.1) is 0 Å².